The second-order valence-electron chi connectivity index (χ2n) is 5.74. The van der Waals surface area contributed by atoms with Gasteiger partial charge >= 0.3 is 12.0 Å². The lowest BCUT2D eigenvalue weighted by molar-refractivity contribution is -0.151. The minimum absolute atomic E-state index is 0.209. The molecular formula is C15H26N2O3S. The molecule has 0 atom stereocenters. The molecule has 0 saturated heterocycles. The summed E-state index contributed by atoms with van der Waals surface area (Å²) < 4.78 is 0. The lowest BCUT2D eigenvalue weighted by Gasteiger charge is -2.35. The maximum atomic E-state index is 11.7. The van der Waals surface area contributed by atoms with E-state index in [1.165, 1.54) is 0 Å². The molecule has 0 spiro atoms. The van der Waals surface area contributed by atoms with Gasteiger partial charge in [-0.25, -0.2) is 4.79 Å². The highest BCUT2D eigenvalue weighted by molar-refractivity contribution is 7.99. The van der Waals surface area contributed by atoms with E-state index in [0.29, 0.717) is 25.3 Å². The third-order valence-electron chi connectivity index (χ3n) is 4.04. The van der Waals surface area contributed by atoms with Crippen LogP contribution in [0.5, 0.6) is 0 Å². The third-order valence-corrected chi connectivity index (χ3v) is 5.00. The number of rotatable bonds is 8. The zero-order valence-corrected chi connectivity index (χ0v) is 13.5. The number of urea groups is 1. The van der Waals surface area contributed by atoms with Crippen LogP contribution in [0.3, 0.4) is 0 Å². The van der Waals surface area contributed by atoms with Gasteiger partial charge in [-0.05, 0) is 31.6 Å². The Hall–Kier alpha value is -1.17. The van der Waals surface area contributed by atoms with Gasteiger partial charge in [0.05, 0.1) is 5.41 Å². The fourth-order valence-corrected chi connectivity index (χ4v) is 3.08. The first-order valence-electron chi connectivity index (χ1n) is 7.44. The number of carbonyl (C=O) groups excluding carboxylic acids is 1. The largest absolute Gasteiger partial charge is 0.481 e. The summed E-state index contributed by atoms with van der Waals surface area (Å²) in [4.78, 5) is 23.2. The molecule has 0 radical (unpaired) electrons. The van der Waals surface area contributed by atoms with Gasteiger partial charge in [0, 0.05) is 24.6 Å². The first-order chi connectivity index (χ1) is 10.00. The van der Waals surface area contributed by atoms with E-state index in [4.69, 9.17) is 0 Å². The van der Waals surface area contributed by atoms with Crippen LogP contribution in [-0.4, -0.2) is 41.7 Å². The Morgan fingerprint density at radius 1 is 1.38 bits per heavy atom. The molecule has 6 heteroatoms. The van der Waals surface area contributed by atoms with Crippen molar-refractivity contribution in [3.8, 4) is 0 Å². The van der Waals surface area contributed by atoms with Gasteiger partial charge in [-0.1, -0.05) is 13.0 Å². The summed E-state index contributed by atoms with van der Waals surface area (Å²) in [5.41, 5.74) is -0.790. The van der Waals surface area contributed by atoms with Crippen molar-refractivity contribution >= 4 is 23.8 Å². The van der Waals surface area contributed by atoms with E-state index in [1.807, 2.05) is 6.08 Å². The number of hydrogen-bond acceptors (Lipinski definition) is 3. The van der Waals surface area contributed by atoms with Gasteiger partial charge in [0.15, 0.2) is 0 Å². The Balaban J connectivity index is 2.31. The van der Waals surface area contributed by atoms with Gasteiger partial charge in [-0.15, -0.1) is 6.58 Å². The van der Waals surface area contributed by atoms with Crippen molar-refractivity contribution in [2.24, 2.45) is 11.3 Å². The van der Waals surface area contributed by atoms with E-state index in [1.54, 1.807) is 11.8 Å². The first kappa shape index (κ1) is 17.9. The molecule has 0 aromatic rings. The highest BCUT2D eigenvalue weighted by Gasteiger charge is 2.41. The van der Waals surface area contributed by atoms with Crippen LogP contribution in [0.25, 0.3) is 0 Å². The number of amides is 2. The molecule has 1 aliphatic carbocycles. The van der Waals surface area contributed by atoms with Crippen LogP contribution in [0.1, 0.15) is 32.6 Å². The highest BCUT2D eigenvalue weighted by Crippen LogP contribution is 2.38. The quantitative estimate of drug-likeness (QED) is 0.475. The third kappa shape index (κ3) is 5.99. The minimum Gasteiger partial charge on any atom is -0.481 e. The number of thioether (sulfide) groups is 1. The SMILES string of the molecule is C=CCSCCNC(=O)NCC1(C(=O)O)CCC(C)CC1. The monoisotopic (exact) mass is 314 g/mol. The van der Waals surface area contributed by atoms with Crippen LogP contribution in [0, 0.1) is 11.3 Å². The summed E-state index contributed by atoms with van der Waals surface area (Å²) in [5.74, 6) is 1.47. The Morgan fingerprint density at radius 2 is 2.05 bits per heavy atom. The molecule has 120 valence electrons. The molecule has 0 bridgehead atoms. The van der Waals surface area contributed by atoms with Crippen molar-refractivity contribution in [3.63, 3.8) is 0 Å². The summed E-state index contributed by atoms with van der Waals surface area (Å²) in [5, 5.41) is 14.9. The van der Waals surface area contributed by atoms with Gasteiger partial charge in [0.1, 0.15) is 0 Å². The minimum atomic E-state index is -0.795. The average molecular weight is 314 g/mol. The second kappa shape index (κ2) is 8.97. The molecule has 0 unspecified atom stereocenters. The predicted octanol–water partition coefficient (Wildman–Crippen LogP) is 2.49. The number of nitrogens with one attached hydrogen (secondary N) is 2. The first-order valence-corrected chi connectivity index (χ1v) is 8.59. The zero-order chi connectivity index (χ0) is 15.7. The fraction of sp³-hybridized carbons (Fsp3) is 0.733. The maximum Gasteiger partial charge on any atom is 0.314 e. The molecule has 1 fully saturated rings. The molecule has 5 nitrogen and oxygen atoms in total. The normalized spacial score (nSPS) is 25.1. The Labute approximate surface area is 130 Å². The van der Waals surface area contributed by atoms with Crippen LogP contribution in [-0.2, 0) is 4.79 Å². The molecule has 21 heavy (non-hydrogen) atoms. The predicted molar refractivity (Wildman–Crippen MR) is 86.6 cm³/mol. The number of carboxylic acid groups (broad SMARTS) is 1. The fourth-order valence-electron chi connectivity index (χ4n) is 2.50. The molecule has 1 aliphatic rings. The van der Waals surface area contributed by atoms with E-state index in [-0.39, 0.29) is 12.6 Å². The summed E-state index contributed by atoms with van der Waals surface area (Å²) >= 11 is 1.69. The van der Waals surface area contributed by atoms with Crippen molar-refractivity contribution in [2.45, 2.75) is 32.6 Å². The summed E-state index contributed by atoms with van der Waals surface area (Å²) in [7, 11) is 0. The van der Waals surface area contributed by atoms with Gasteiger partial charge in [0.2, 0.25) is 0 Å². The smallest absolute Gasteiger partial charge is 0.314 e. The van der Waals surface area contributed by atoms with E-state index < -0.39 is 11.4 Å². The molecule has 2 amide bonds. The molecular weight excluding hydrogens is 288 g/mol. The molecule has 0 aromatic carbocycles. The van der Waals surface area contributed by atoms with Gasteiger partial charge < -0.3 is 15.7 Å². The van der Waals surface area contributed by atoms with E-state index in [2.05, 4.69) is 24.1 Å². The average Bonchev–Trinajstić information content (AvgIpc) is 2.46. The lowest BCUT2D eigenvalue weighted by Crippen LogP contribution is -2.48. The highest BCUT2D eigenvalue weighted by atomic mass is 32.2. The van der Waals surface area contributed by atoms with Crippen molar-refractivity contribution in [2.75, 3.05) is 24.6 Å². The van der Waals surface area contributed by atoms with Gasteiger partial charge in [0.25, 0.3) is 0 Å². The number of carbonyl (C=O) groups is 2. The van der Waals surface area contributed by atoms with Crippen LogP contribution >= 0.6 is 11.8 Å². The van der Waals surface area contributed by atoms with Gasteiger partial charge in [-0.2, -0.15) is 11.8 Å². The molecule has 1 saturated carbocycles. The topological polar surface area (TPSA) is 78.4 Å². The van der Waals surface area contributed by atoms with Crippen LogP contribution in [0.4, 0.5) is 4.79 Å². The number of hydrogen-bond donors (Lipinski definition) is 3. The summed E-state index contributed by atoms with van der Waals surface area (Å²) in [6.07, 6.45) is 4.92. The van der Waals surface area contributed by atoms with Crippen LogP contribution in [0.2, 0.25) is 0 Å². The summed E-state index contributed by atoms with van der Waals surface area (Å²) in [6.45, 7) is 6.55. The van der Waals surface area contributed by atoms with Crippen molar-refractivity contribution in [3.05, 3.63) is 12.7 Å². The van der Waals surface area contributed by atoms with E-state index in [9.17, 15) is 14.7 Å². The number of aliphatic carboxylic acids is 1. The summed E-state index contributed by atoms with van der Waals surface area (Å²) in [6, 6.07) is -0.284. The molecule has 1 rings (SSSR count). The Morgan fingerprint density at radius 3 is 2.62 bits per heavy atom. The molecule has 0 heterocycles. The zero-order valence-electron chi connectivity index (χ0n) is 12.7. The van der Waals surface area contributed by atoms with Crippen molar-refractivity contribution < 1.29 is 14.7 Å². The van der Waals surface area contributed by atoms with Crippen LogP contribution in [0.15, 0.2) is 12.7 Å². The standard InChI is InChI=1S/C15H26N2O3S/c1-3-9-21-10-8-16-14(20)17-11-15(13(18)19)6-4-12(2)5-7-15/h3,12H,1,4-11H2,2H3,(H,18,19)(H2,16,17,20). The van der Waals surface area contributed by atoms with Gasteiger partial charge in [-0.3, -0.25) is 4.79 Å². The second-order valence-corrected chi connectivity index (χ2v) is 6.89. The van der Waals surface area contributed by atoms with Crippen molar-refractivity contribution in [1.82, 2.24) is 10.6 Å². The molecule has 3 N–H and O–H groups in total. The molecule has 0 aromatic heterocycles. The Bertz CT molecular complexity index is 366. The van der Waals surface area contributed by atoms with Crippen LogP contribution < -0.4 is 10.6 Å². The van der Waals surface area contributed by atoms with E-state index >= 15 is 0 Å². The maximum absolute atomic E-state index is 11.7. The number of carboxylic acids is 1. The Kier molecular flexibility index (Phi) is 7.64. The lowest BCUT2D eigenvalue weighted by atomic mass is 9.71. The molecule has 0 aliphatic heterocycles. The van der Waals surface area contributed by atoms with Crippen molar-refractivity contribution in [1.29, 1.82) is 0 Å². The van der Waals surface area contributed by atoms with E-state index in [0.717, 1.165) is 24.3 Å².